The van der Waals surface area contributed by atoms with Crippen molar-refractivity contribution in [3.63, 3.8) is 0 Å². The van der Waals surface area contributed by atoms with Crippen LogP contribution in [0, 0.1) is 23.7 Å². The number of hydrogen-bond acceptors (Lipinski definition) is 6. The first-order chi connectivity index (χ1) is 15.9. The molecular weight excluding hydrogens is 435 g/mol. The fourth-order valence-corrected chi connectivity index (χ4v) is 6.87. The van der Waals surface area contributed by atoms with Crippen LogP contribution < -0.4 is 10.5 Å². The molecule has 0 spiro atoms. The van der Waals surface area contributed by atoms with Gasteiger partial charge >= 0.3 is 6.36 Å². The third-order valence-electron chi connectivity index (χ3n) is 8.50. The monoisotopic (exact) mass is 461 g/mol. The number of morpholine rings is 1. The highest BCUT2D eigenvalue weighted by Gasteiger charge is 2.93. The SMILES string of the molecule is Nc1ncc(-c2cc([C@]34C5[C@@H](N6CCOCC6)C[C@@H]3[C@H]54)n(CC3CC3)n2)cc1OC(F)(F)F. The standard InChI is InChI=1S/C23H26F3N5O2/c24-23(25,26)33-17-7-13(10-28-21(17)27)15-9-18(31(29-15)11-12-1-2-12)22-14-8-16(20(22)19(14)22)30-3-5-32-6-4-30/h7,9-10,12,14,16,19-20H,1-6,8,11H2,(H2,27,28)/t14-,16+,19-,20?,22-/m1/s1. The van der Waals surface area contributed by atoms with Crippen molar-refractivity contribution in [1.29, 1.82) is 0 Å². The molecule has 6 fully saturated rings. The van der Waals surface area contributed by atoms with Gasteiger partial charge in [-0.15, -0.1) is 13.2 Å². The number of hydrogen-bond donors (Lipinski definition) is 1. The van der Waals surface area contributed by atoms with Crippen molar-refractivity contribution in [2.75, 3.05) is 32.0 Å². The molecule has 0 amide bonds. The maximum atomic E-state index is 12.8. The second-order valence-corrected chi connectivity index (χ2v) is 10.2. The summed E-state index contributed by atoms with van der Waals surface area (Å²) in [6.07, 6.45) is 0.300. The minimum Gasteiger partial charge on any atom is -0.402 e. The van der Waals surface area contributed by atoms with Gasteiger partial charge in [0.1, 0.15) is 0 Å². The van der Waals surface area contributed by atoms with E-state index in [1.54, 1.807) is 0 Å². The van der Waals surface area contributed by atoms with Crippen LogP contribution in [-0.4, -0.2) is 58.4 Å². The molecule has 0 aromatic carbocycles. The summed E-state index contributed by atoms with van der Waals surface area (Å²) in [6.45, 7) is 4.49. The average Bonchev–Trinajstić information content (AvgIpc) is 3.70. The number of fused-ring (bicyclic) bond motifs is 1. The largest absolute Gasteiger partial charge is 0.573 e. The molecule has 5 atom stereocenters. The van der Waals surface area contributed by atoms with E-state index in [-0.39, 0.29) is 11.2 Å². The van der Waals surface area contributed by atoms with Crippen LogP contribution in [0.4, 0.5) is 19.0 Å². The van der Waals surface area contributed by atoms with E-state index >= 15 is 0 Å². The first kappa shape index (κ1) is 20.1. The molecule has 2 aromatic rings. The Morgan fingerprint density at radius 2 is 1.97 bits per heavy atom. The van der Waals surface area contributed by atoms with Crippen molar-refractivity contribution in [3.05, 3.63) is 24.0 Å². The quantitative estimate of drug-likeness (QED) is 0.713. The van der Waals surface area contributed by atoms with Crippen LogP contribution in [0.25, 0.3) is 11.3 Å². The predicted molar refractivity (Wildman–Crippen MR) is 112 cm³/mol. The Kier molecular flexibility index (Phi) is 4.03. The Morgan fingerprint density at radius 1 is 1.18 bits per heavy atom. The number of pyridine rings is 1. The average molecular weight is 461 g/mol. The highest BCUT2D eigenvalue weighted by Crippen LogP contribution is 2.91. The first-order valence-corrected chi connectivity index (χ1v) is 11.8. The topological polar surface area (TPSA) is 78.4 Å². The number of nitrogens with two attached hydrogens (primary N) is 1. The van der Waals surface area contributed by atoms with Crippen molar-refractivity contribution < 1.29 is 22.6 Å². The summed E-state index contributed by atoms with van der Waals surface area (Å²) in [5.41, 5.74) is 8.22. The van der Waals surface area contributed by atoms with Gasteiger partial charge in [0.2, 0.25) is 0 Å². The van der Waals surface area contributed by atoms with Crippen LogP contribution in [0.5, 0.6) is 5.75 Å². The smallest absolute Gasteiger partial charge is 0.402 e. The minimum atomic E-state index is -4.83. The van der Waals surface area contributed by atoms with Crippen LogP contribution in [0.1, 0.15) is 25.0 Å². The van der Waals surface area contributed by atoms with E-state index in [1.165, 1.54) is 37.2 Å². The molecular formula is C23H26F3N5O2. The van der Waals surface area contributed by atoms with Crippen LogP contribution in [0.2, 0.25) is 0 Å². The van der Waals surface area contributed by atoms with E-state index in [0.717, 1.165) is 38.8 Å². The molecule has 7 nitrogen and oxygen atoms in total. The number of aromatic nitrogens is 3. The Hall–Kier alpha value is -2.33. The molecule has 176 valence electrons. The molecule has 5 aliphatic carbocycles. The van der Waals surface area contributed by atoms with Gasteiger partial charge in [0, 0.05) is 48.5 Å². The zero-order chi connectivity index (χ0) is 22.5. The fraction of sp³-hybridized carbons (Fsp3) is 0.652. The van der Waals surface area contributed by atoms with Gasteiger partial charge in [0.15, 0.2) is 11.6 Å². The molecule has 10 heteroatoms. The van der Waals surface area contributed by atoms with E-state index in [9.17, 15) is 13.2 Å². The maximum absolute atomic E-state index is 12.8. The van der Waals surface area contributed by atoms with Gasteiger partial charge in [-0.05, 0) is 55.1 Å². The van der Waals surface area contributed by atoms with Crippen molar-refractivity contribution in [2.45, 2.75) is 43.6 Å². The zero-order valence-corrected chi connectivity index (χ0v) is 18.1. The minimum absolute atomic E-state index is 0.204. The Labute approximate surface area is 189 Å². The van der Waals surface area contributed by atoms with Crippen LogP contribution >= 0.6 is 0 Å². The van der Waals surface area contributed by atoms with Gasteiger partial charge in [-0.1, -0.05) is 0 Å². The summed E-state index contributed by atoms with van der Waals surface area (Å²) < 4.78 is 50.1. The third kappa shape index (κ3) is 3.02. The molecule has 2 aromatic heterocycles. The molecule has 3 heterocycles. The van der Waals surface area contributed by atoms with Gasteiger partial charge < -0.3 is 15.2 Å². The highest BCUT2D eigenvalue weighted by molar-refractivity contribution is 5.66. The number of nitrogens with zero attached hydrogens (tertiary/aromatic N) is 4. The molecule has 0 radical (unpaired) electrons. The van der Waals surface area contributed by atoms with Crippen LogP contribution in [0.3, 0.4) is 0 Å². The molecule has 2 bridgehead atoms. The number of nitrogen functional groups attached to an aromatic ring is 1. The van der Waals surface area contributed by atoms with Gasteiger partial charge in [-0.2, -0.15) is 5.10 Å². The number of rotatable bonds is 6. The maximum Gasteiger partial charge on any atom is 0.573 e. The zero-order valence-electron chi connectivity index (χ0n) is 18.1. The first-order valence-electron chi connectivity index (χ1n) is 11.8. The lowest BCUT2D eigenvalue weighted by Crippen LogP contribution is -2.43. The lowest BCUT2D eigenvalue weighted by Gasteiger charge is -2.32. The highest BCUT2D eigenvalue weighted by atomic mass is 19.4. The summed E-state index contributed by atoms with van der Waals surface area (Å²) >= 11 is 0. The van der Waals surface area contributed by atoms with E-state index in [1.807, 2.05) is 0 Å². The molecule has 1 unspecified atom stereocenters. The van der Waals surface area contributed by atoms with Crippen molar-refractivity contribution >= 4 is 5.82 Å². The van der Waals surface area contributed by atoms with Crippen LogP contribution in [0.15, 0.2) is 18.3 Å². The lowest BCUT2D eigenvalue weighted by atomic mass is 10.00. The fourth-order valence-electron chi connectivity index (χ4n) is 6.87. The van der Waals surface area contributed by atoms with Crippen LogP contribution in [-0.2, 0) is 16.7 Å². The van der Waals surface area contributed by atoms with E-state index in [2.05, 4.69) is 25.4 Å². The number of halogens is 3. The van der Waals surface area contributed by atoms with Crippen molar-refractivity contribution in [3.8, 4) is 17.0 Å². The molecule has 5 saturated carbocycles. The molecule has 1 saturated heterocycles. The summed E-state index contributed by atoms with van der Waals surface area (Å²) in [5.74, 6) is 1.96. The van der Waals surface area contributed by atoms with E-state index in [0.29, 0.717) is 35.1 Å². The Balaban J connectivity index is 1.21. The second-order valence-electron chi connectivity index (χ2n) is 10.2. The molecule has 33 heavy (non-hydrogen) atoms. The Bertz CT molecular complexity index is 1100. The summed E-state index contributed by atoms with van der Waals surface area (Å²) in [5, 5.41) is 4.86. The Morgan fingerprint density at radius 3 is 2.67 bits per heavy atom. The number of anilines is 1. The van der Waals surface area contributed by atoms with Gasteiger partial charge in [0.25, 0.3) is 0 Å². The third-order valence-corrected chi connectivity index (χ3v) is 8.50. The van der Waals surface area contributed by atoms with Gasteiger partial charge in [0.05, 0.1) is 18.9 Å². The van der Waals surface area contributed by atoms with Crippen molar-refractivity contribution in [2.24, 2.45) is 23.7 Å². The van der Waals surface area contributed by atoms with Gasteiger partial charge in [-0.3, -0.25) is 9.58 Å². The number of ether oxygens (including phenoxy) is 2. The molecule has 6 aliphatic rings. The normalized spacial score (nSPS) is 34.9. The second kappa shape index (κ2) is 6.63. The summed E-state index contributed by atoms with van der Waals surface area (Å²) in [4.78, 5) is 6.54. The summed E-state index contributed by atoms with van der Waals surface area (Å²) in [7, 11) is 0. The molecule has 1 aliphatic heterocycles. The number of alkyl halides is 3. The van der Waals surface area contributed by atoms with Gasteiger partial charge in [-0.25, -0.2) is 4.98 Å². The summed E-state index contributed by atoms with van der Waals surface area (Å²) in [6, 6.07) is 3.99. The van der Waals surface area contributed by atoms with Crippen molar-refractivity contribution in [1.82, 2.24) is 19.7 Å². The lowest BCUT2D eigenvalue weighted by molar-refractivity contribution is -0.274. The van der Waals surface area contributed by atoms with E-state index < -0.39 is 12.1 Å². The van der Waals surface area contributed by atoms with E-state index in [4.69, 9.17) is 15.6 Å². The molecule has 2 N–H and O–H groups in total. The molecule has 8 rings (SSSR count). The predicted octanol–water partition coefficient (Wildman–Crippen LogP) is 3.05.